The first-order chi connectivity index (χ1) is 9.83. The summed E-state index contributed by atoms with van der Waals surface area (Å²) >= 11 is 0. The molecule has 0 radical (unpaired) electrons. The van der Waals surface area contributed by atoms with Gasteiger partial charge >= 0.3 is 11.4 Å². The highest BCUT2D eigenvalue weighted by atomic mass is 16.2. The first-order valence-electron chi connectivity index (χ1n) is 7.62. The summed E-state index contributed by atoms with van der Waals surface area (Å²) in [6, 6.07) is -0.0358. The Morgan fingerprint density at radius 2 is 1.38 bits per heavy atom. The topological polar surface area (TPSA) is 48.9 Å². The highest BCUT2D eigenvalue weighted by Crippen LogP contribution is 2.77. The Kier molecular flexibility index (Phi) is 1.63. The van der Waals surface area contributed by atoms with Crippen LogP contribution >= 0.6 is 0 Å². The normalized spacial score (nSPS) is 43.4. The van der Waals surface area contributed by atoms with E-state index in [-0.39, 0.29) is 39.7 Å². The lowest BCUT2D eigenvalue weighted by molar-refractivity contribution is -0.0229. The first-order valence-corrected chi connectivity index (χ1v) is 7.62. The van der Waals surface area contributed by atoms with Crippen molar-refractivity contribution < 1.29 is 0 Å². The lowest BCUT2D eigenvalue weighted by Crippen LogP contribution is -2.61. The van der Waals surface area contributed by atoms with Crippen molar-refractivity contribution in [2.75, 3.05) is 0 Å². The number of hydrogen-bond donors (Lipinski definition) is 0. The third-order valence-corrected chi connectivity index (χ3v) is 6.34. The molecule has 3 heterocycles. The summed E-state index contributed by atoms with van der Waals surface area (Å²) in [5, 5.41) is 0. The van der Waals surface area contributed by atoms with Gasteiger partial charge in [-0.2, -0.15) is 0 Å². The number of hydrogen-bond acceptors (Lipinski definition) is 2. The molecule has 5 aliphatic rings. The summed E-state index contributed by atoms with van der Waals surface area (Å²) in [5.74, 6) is 0. The van der Waals surface area contributed by atoms with Crippen LogP contribution in [0.25, 0.3) is 0 Å². The monoisotopic (exact) mass is 285 g/mol. The first kappa shape index (κ1) is 11.8. The highest BCUT2D eigenvalue weighted by Gasteiger charge is 2.72. The zero-order chi connectivity index (χ0) is 14.8. The van der Waals surface area contributed by atoms with E-state index in [1.165, 1.54) is 4.57 Å². The van der Waals surface area contributed by atoms with Gasteiger partial charge in [-0.3, -0.25) is 0 Å². The van der Waals surface area contributed by atoms with E-state index in [1.54, 1.807) is 16.4 Å². The van der Waals surface area contributed by atoms with Crippen molar-refractivity contribution in [1.29, 1.82) is 0 Å². The molecule has 0 unspecified atom stereocenters. The smallest absolute Gasteiger partial charge is 0.246 e. The lowest BCUT2D eigenvalue weighted by Gasteiger charge is -2.61. The van der Waals surface area contributed by atoms with Gasteiger partial charge < -0.3 is 0 Å². The minimum Gasteiger partial charge on any atom is -0.246 e. The van der Waals surface area contributed by atoms with Crippen molar-refractivity contribution in [2.45, 2.75) is 38.8 Å². The predicted molar refractivity (Wildman–Crippen MR) is 78.2 cm³/mol. The van der Waals surface area contributed by atoms with Crippen LogP contribution < -0.4 is 11.4 Å². The second kappa shape index (κ2) is 2.89. The fourth-order valence-electron chi connectivity index (χ4n) is 5.79. The average molecular weight is 285 g/mol. The molecule has 1 aromatic rings. The Morgan fingerprint density at radius 3 is 1.76 bits per heavy atom. The van der Waals surface area contributed by atoms with Crippen LogP contribution in [0.5, 0.6) is 0 Å². The van der Waals surface area contributed by atoms with Gasteiger partial charge in [0, 0.05) is 17.9 Å². The molecule has 0 saturated heterocycles. The Balaban J connectivity index is 1.88. The molecule has 21 heavy (non-hydrogen) atoms. The van der Waals surface area contributed by atoms with E-state index in [4.69, 9.17) is 0 Å². The van der Waals surface area contributed by atoms with E-state index in [0.29, 0.717) is 0 Å². The van der Waals surface area contributed by atoms with Crippen LogP contribution in [0.1, 0.15) is 38.8 Å². The van der Waals surface area contributed by atoms with Gasteiger partial charge in [-0.1, -0.05) is 38.2 Å². The van der Waals surface area contributed by atoms with E-state index in [9.17, 15) is 9.59 Å². The van der Waals surface area contributed by atoms with Crippen LogP contribution in [0.2, 0.25) is 0 Å². The van der Waals surface area contributed by atoms with Crippen LogP contribution in [-0.4, -0.2) is 13.9 Å². The van der Waals surface area contributed by atoms with E-state index in [2.05, 4.69) is 38.2 Å². The van der Waals surface area contributed by atoms with Crippen LogP contribution in [0.15, 0.2) is 33.9 Å². The number of rotatable bonds is 0. The summed E-state index contributed by atoms with van der Waals surface area (Å²) < 4.78 is 4.65. The molecule has 0 aromatic carbocycles. The van der Waals surface area contributed by atoms with Gasteiger partial charge in [0.2, 0.25) is 0 Å². The number of nitrogens with zero attached hydrogens (tertiary/aromatic N) is 3. The second-order valence-electron chi connectivity index (χ2n) is 8.02. The maximum atomic E-state index is 12.5. The maximum Gasteiger partial charge on any atom is 0.347 e. The third-order valence-electron chi connectivity index (χ3n) is 6.34. The van der Waals surface area contributed by atoms with E-state index in [0.717, 1.165) is 12.8 Å². The van der Waals surface area contributed by atoms with E-state index in [1.807, 2.05) is 0 Å². The van der Waals surface area contributed by atoms with E-state index >= 15 is 0 Å². The zero-order valence-electron chi connectivity index (χ0n) is 12.5. The van der Waals surface area contributed by atoms with E-state index < -0.39 is 0 Å². The molecule has 2 bridgehead atoms. The van der Waals surface area contributed by atoms with Gasteiger partial charge in [-0.15, -0.1) is 0 Å². The average Bonchev–Trinajstić information content (AvgIpc) is 2.77. The van der Waals surface area contributed by atoms with Crippen molar-refractivity contribution in [3.05, 3.63) is 45.3 Å². The minimum atomic E-state index is -0.188. The van der Waals surface area contributed by atoms with Crippen LogP contribution in [-0.2, 0) is 7.05 Å². The van der Waals surface area contributed by atoms with Crippen molar-refractivity contribution in [1.82, 2.24) is 13.9 Å². The van der Waals surface area contributed by atoms with Gasteiger partial charge in [0.25, 0.3) is 0 Å². The lowest BCUT2D eigenvalue weighted by atomic mass is 9.48. The summed E-state index contributed by atoms with van der Waals surface area (Å²) in [6.07, 6.45) is 11.1. The van der Waals surface area contributed by atoms with Gasteiger partial charge in [-0.25, -0.2) is 23.5 Å². The molecule has 5 nitrogen and oxygen atoms in total. The minimum absolute atomic E-state index is 0.0179. The molecule has 2 aliphatic heterocycles. The molecule has 0 spiro atoms. The molecule has 4 atom stereocenters. The predicted octanol–water partition coefficient (Wildman–Crippen LogP) is 1.38. The molecular formula is C16H19N3O2. The molecule has 110 valence electrons. The Bertz CT molecular complexity index is 800. The third kappa shape index (κ3) is 0.945. The number of allylic oxidation sites excluding steroid dienone is 4. The Labute approximate surface area is 122 Å². The molecule has 1 aromatic heterocycles. The second-order valence-corrected chi connectivity index (χ2v) is 8.02. The maximum absolute atomic E-state index is 12.5. The van der Waals surface area contributed by atoms with Crippen molar-refractivity contribution in [2.24, 2.45) is 23.3 Å². The molecule has 3 aliphatic carbocycles. The summed E-state index contributed by atoms with van der Waals surface area (Å²) in [7, 11) is 1.58. The largest absolute Gasteiger partial charge is 0.347 e. The van der Waals surface area contributed by atoms with Crippen molar-refractivity contribution >= 4 is 0 Å². The van der Waals surface area contributed by atoms with Gasteiger partial charge in [0.05, 0.1) is 12.1 Å². The molecule has 1 fully saturated rings. The fourth-order valence-corrected chi connectivity index (χ4v) is 5.79. The zero-order valence-corrected chi connectivity index (χ0v) is 12.5. The van der Waals surface area contributed by atoms with Gasteiger partial charge in [0.1, 0.15) is 0 Å². The summed E-state index contributed by atoms with van der Waals surface area (Å²) in [6.45, 7) is 4.61. The molecule has 5 heteroatoms. The molecule has 1 saturated carbocycles. The van der Waals surface area contributed by atoms with Crippen molar-refractivity contribution in [3.8, 4) is 0 Å². The summed E-state index contributed by atoms with van der Waals surface area (Å²) in [5.41, 5.74) is -0.0916. The quantitative estimate of drug-likeness (QED) is 0.676. The highest BCUT2D eigenvalue weighted by molar-refractivity contribution is 5.43. The summed E-state index contributed by atoms with van der Waals surface area (Å²) in [4.78, 5) is 25.0. The Morgan fingerprint density at radius 1 is 0.952 bits per heavy atom. The molecule has 6 rings (SSSR count). The Hall–Kier alpha value is -1.78. The molecular weight excluding hydrogens is 266 g/mol. The number of aromatic nitrogens is 3. The van der Waals surface area contributed by atoms with Crippen LogP contribution in [0.4, 0.5) is 0 Å². The van der Waals surface area contributed by atoms with Crippen LogP contribution in [0.3, 0.4) is 0 Å². The SMILES string of the molecule is Cn1c(=O)n2n(c1=O)[C@H]1C=C[C@H]2[C@@]23C=C[C@]12CC(C)(C)C3. The standard InChI is InChI=1S/C16H19N3O2/c1-14(2)8-15-6-7-16(15,9-14)11-5-4-10(15)18-12(20)17(3)13(21)19(11)18/h4-7,10-11H,8-9H2,1-3H3/t10-,11-,15-,16-/m0/s1. The van der Waals surface area contributed by atoms with Gasteiger partial charge in [0.15, 0.2) is 0 Å². The molecule has 0 N–H and O–H groups in total. The molecule has 0 amide bonds. The van der Waals surface area contributed by atoms with Crippen LogP contribution in [0, 0.1) is 16.2 Å². The van der Waals surface area contributed by atoms with Crippen molar-refractivity contribution in [3.63, 3.8) is 0 Å². The van der Waals surface area contributed by atoms with Gasteiger partial charge in [-0.05, 0) is 18.3 Å². The fraction of sp³-hybridized carbons (Fsp3) is 0.625.